The number of benzene rings is 3. The number of rotatable bonds is 9. The van der Waals surface area contributed by atoms with E-state index in [1.807, 2.05) is 41.8 Å². The normalized spacial score (nSPS) is 11.2. The lowest BCUT2D eigenvalue weighted by Crippen LogP contribution is -2.03. The van der Waals surface area contributed by atoms with Gasteiger partial charge in [0.05, 0.1) is 11.6 Å². The minimum atomic E-state index is -1.09. The van der Waals surface area contributed by atoms with Gasteiger partial charge >= 0.3 is 5.97 Å². The lowest BCUT2D eigenvalue weighted by molar-refractivity contribution is -0.131. The van der Waals surface area contributed by atoms with Crippen molar-refractivity contribution in [2.75, 3.05) is 0 Å². The van der Waals surface area contributed by atoms with Crippen molar-refractivity contribution < 1.29 is 14.6 Å². The molecule has 1 aromatic heterocycles. The Labute approximate surface area is 217 Å². The van der Waals surface area contributed by atoms with Crippen molar-refractivity contribution in [3.63, 3.8) is 0 Å². The molecule has 3 aromatic carbocycles. The van der Waals surface area contributed by atoms with Crippen molar-refractivity contribution in [2.24, 2.45) is 0 Å². The quantitative estimate of drug-likeness (QED) is 0.206. The third-order valence-corrected chi connectivity index (χ3v) is 6.52. The molecular weight excluding hydrogens is 496 g/mol. The number of aliphatic carboxylic acids is 1. The molecule has 0 spiro atoms. The molecule has 4 aromatic rings. The third kappa shape index (κ3) is 5.77. The van der Waals surface area contributed by atoms with Gasteiger partial charge in [0.15, 0.2) is 11.0 Å². The van der Waals surface area contributed by atoms with E-state index in [2.05, 4.69) is 16.3 Å². The maximum absolute atomic E-state index is 12.2. The second-order valence-electron chi connectivity index (χ2n) is 7.57. The molecule has 1 heterocycles. The smallest absolute Gasteiger partial charge is 0.342 e. The predicted molar refractivity (Wildman–Crippen MR) is 140 cm³/mol. The van der Waals surface area contributed by atoms with Gasteiger partial charge in [-0.15, -0.1) is 10.2 Å². The summed E-state index contributed by atoms with van der Waals surface area (Å²) in [6.07, 6.45) is 1.55. The highest BCUT2D eigenvalue weighted by Gasteiger charge is 2.19. The van der Waals surface area contributed by atoms with E-state index in [4.69, 9.17) is 16.3 Å². The van der Waals surface area contributed by atoms with Crippen molar-refractivity contribution in [1.82, 2.24) is 14.8 Å². The summed E-state index contributed by atoms with van der Waals surface area (Å²) in [5.74, 6) is 0.0352. The molecule has 0 aliphatic rings. The molecule has 1 N–H and O–H groups in total. The van der Waals surface area contributed by atoms with Gasteiger partial charge in [-0.25, -0.2) is 4.79 Å². The first kappa shape index (κ1) is 25.0. The van der Waals surface area contributed by atoms with Crippen LogP contribution in [-0.2, 0) is 17.9 Å². The van der Waals surface area contributed by atoms with Crippen LogP contribution in [0.15, 0.2) is 82.9 Å². The molecular formula is C27H21ClN4O3S. The number of carboxylic acid groups (broad SMARTS) is 1. The van der Waals surface area contributed by atoms with Crippen LogP contribution in [0.2, 0.25) is 5.02 Å². The number of hydrogen-bond donors (Lipinski definition) is 1. The van der Waals surface area contributed by atoms with Crippen molar-refractivity contribution in [1.29, 1.82) is 5.26 Å². The molecule has 0 radical (unpaired) electrons. The first-order chi connectivity index (χ1) is 17.5. The number of thioether (sulfide) groups is 1. The van der Waals surface area contributed by atoms with Crippen LogP contribution in [0.1, 0.15) is 23.6 Å². The number of nitriles is 1. The Kier molecular flexibility index (Phi) is 8.06. The van der Waals surface area contributed by atoms with Crippen molar-refractivity contribution in [2.45, 2.75) is 25.2 Å². The van der Waals surface area contributed by atoms with Crippen LogP contribution in [0.4, 0.5) is 0 Å². The van der Waals surface area contributed by atoms with Gasteiger partial charge in [0.1, 0.15) is 17.3 Å². The highest BCUT2D eigenvalue weighted by atomic mass is 35.5. The lowest BCUT2D eigenvalue weighted by Gasteiger charge is -2.11. The second-order valence-corrected chi connectivity index (χ2v) is 9.01. The Morgan fingerprint density at radius 1 is 1.11 bits per heavy atom. The van der Waals surface area contributed by atoms with Gasteiger partial charge in [-0.2, -0.15) is 5.26 Å². The average Bonchev–Trinajstić information content (AvgIpc) is 3.30. The summed E-state index contributed by atoms with van der Waals surface area (Å²) >= 11 is 7.02. The summed E-state index contributed by atoms with van der Waals surface area (Å²) in [6, 6.07) is 23.7. The zero-order chi connectivity index (χ0) is 25.5. The predicted octanol–water partition coefficient (Wildman–Crippen LogP) is 6.29. The van der Waals surface area contributed by atoms with Gasteiger partial charge < -0.3 is 14.4 Å². The number of hydrogen-bond acceptors (Lipinski definition) is 6. The minimum absolute atomic E-state index is 0.0632. The molecule has 0 bridgehead atoms. The average molecular weight is 517 g/mol. The molecule has 0 aliphatic heterocycles. The lowest BCUT2D eigenvalue weighted by atomic mass is 10.1. The van der Waals surface area contributed by atoms with Crippen molar-refractivity contribution in [3.8, 4) is 23.2 Å². The Hall–Kier alpha value is -4.06. The Morgan fingerprint density at radius 2 is 1.83 bits per heavy atom. The van der Waals surface area contributed by atoms with Gasteiger partial charge in [0, 0.05) is 28.3 Å². The number of carboxylic acids is 1. The van der Waals surface area contributed by atoms with E-state index in [1.165, 1.54) is 0 Å². The first-order valence-corrected chi connectivity index (χ1v) is 12.2. The molecule has 0 aliphatic carbocycles. The van der Waals surface area contributed by atoms with E-state index in [-0.39, 0.29) is 11.5 Å². The number of carbonyl (C=O) groups is 1. The van der Waals surface area contributed by atoms with Crippen LogP contribution in [0.3, 0.4) is 0 Å². The largest absolute Gasteiger partial charge is 0.488 e. The summed E-state index contributed by atoms with van der Waals surface area (Å²) in [5, 5.41) is 28.9. The molecule has 36 heavy (non-hydrogen) atoms. The zero-order valence-corrected chi connectivity index (χ0v) is 20.8. The first-order valence-electron chi connectivity index (χ1n) is 11.0. The summed E-state index contributed by atoms with van der Waals surface area (Å²) in [6.45, 7) is 2.68. The molecule has 9 heteroatoms. The topological polar surface area (TPSA) is 101 Å². The number of nitrogens with zero attached hydrogens (tertiary/aromatic N) is 4. The molecule has 0 amide bonds. The number of para-hydroxylation sites is 1. The van der Waals surface area contributed by atoms with Gasteiger partial charge in [-0.05, 0) is 61.2 Å². The SMILES string of the molecule is CCn1c(S/C(=C\c2ccccc2OCc2ccccc2C#N)C(=O)O)nnc1-c1ccc(Cl)cc1. The van der Waals surface area contributed by atoms with E-state index in [1.54, 1.807) is 48.5 Å². The van der Waals surface area contributed by atoms with Crippen LogP contribution >= 0.6 is 23.4 Å². The number of halogens is 1. The van der Waals surface area contributed by atoms with Crippen LogP contribution in [-0.4, -0.2) is 25.8 Å². The van der Waals surface area contributed by atoms with Gasteiger partial charge in [0.25, 0.3) is 0 Å². The van der Waals surface area contributed by atoms with Gasteiger partial charge in [0.2, 0.25) is 0 Å². The summed E-state index contributed by atoms with van der Waals surface area (Å²) in [7, 11) is 0. The number of ether oxygens (including phenoxy) is 1. The highest BCUT2D eigenvalue weighted by Crippen LogP contribution is 2.32. The van der Waals surface area contributed by atoms with Crippen LogP contribution in [0, 0.1) is 11.3 Å². The van der Waals surface area contributed by atoms with E-state index >= 15 is 0 Å². The minimum Gasteiger partial charge on any atom is -0.488 e. The molecule has 7 nitrogen and oxygen atoms in total. The molecule has 0 atom stereocenters. The van der Waals surface area contributed by atoms with Crippen LogP contribution in [0.25, 0.3) is 17.5 Å². The van der Waals surface area contributed by atoms with E-state index in [0.29, 0.717) is 39.4 Å². The second kappa shape index (κ2) is 11.6. The summed E-state index contributed by atoms with van der Waals surface area (Å²) in [5.41, 5.74) is 2.70. The Morgan fingerprint density at radius 3 is 2.56 bits per heavy atom. The van der Waals surface area contributed by atoms with Gasteiger partial charge in [-0.3, -0.25) is 0 Å². The third-order valence-electron chi connectivity index (χ3n) is 5.27. The van der Waals surface area contributed by atoms with E-state index < -0.39 is 5.97 Å². The maximum Gasteiger partial charge on any atom is 0.342 e. The van der Waals surface area contributed by atoms with E-state index in [9.17, 15) is 15.2 Å². The fraction of sp³-hybridized carbons (Fsp3) is 0.111. The molecule has 0 saturated carbocycles. The standard InChI is InChI=1S/C27H21ClN4O3S/c1-2-32-25(18-11-13-22(28)14-12-18)30-31-27(32)36-24(26(33)34)15-19-7-5-6-10-23(19)35-17-21-9-4-3-8-20(21)16-29/h3-15H,2,17H2,1H3,(H,33,34)/b24-15-. The molecule has 0 fully saturated rings. The zero-order valence-electron chi connectivity index (χ0n) is 19.3. The monoisotopic (exact) mass is 516 g/mol. The van der Waals surface area contributed by atoms with Gasteiger partial charge in [-0.1, -0.05) is 48.0 Å². The van der Waals surface area contributed by atoms with Crippen molar-refractivity contribution >= 4 is 35.4 Å². The van der Waals surface area contributed by atoms with Crippen molar-refractivity contribution in [3.05, 3.63) is 99.4 Å². The molecule has 4 rings (SSSR count). The van der Waals surface area contributed by atoms with E-state index in [0.717, 1.165) is 22.9 Å². The molecule has 180 valence electrons. The summed E-state index contributed by atoms with van der Waals surface area (Å²) < 4.78 is 7.82. The molecule has 0 saturated heterocycles. The Balaban J connectivity index is 1.62. The maximum atomic E-state index is 12.2. The highest BCUT2D eigenvalue weighted by molar-refractivity contribution is 8.04. The van der Waals surface area contributed by atoms with Crippen LogP contribution < -0.4 is 4.74 Å². The molecule has 0 unspecified atom stereocenters. The number of aromatic nitrogens is 3. The summed E-state index contributed by atoms with van der Waals surface area (Å²) in [4.78, 5) is 12.2. The Bertz CT molecular complexity index is 1460. The fourth-order valence-electron chi connectivity index (χ4n) is 3.48. The fourth-order valence-corrected chi connectivity index (χ4v) is 4.48. The van der Waals surface area contributed by atoms with Crippen LogP contribution in [0.5, 0.6) is 5.75 Å².